The maximum atomic E-state index is 10.4. The van der Waals surface area contributed by atoms with Gasteiger partial charge in [-0.15, -0.1) is 11.3 Å². The van der Waals surface area contributed by atoms with Crippen LogP contribution in [-0.4, -0.2) is 46.8 Å². The minimum absolute atomic E-state index is 0. The molecule has 6 heteroatoms. The minimum atomic E-state index is -0.392. The Morgan fingerprint density at radius 3 is 2.72 bits per heavy atom. The van der Waals surface area contributed by atoms with E-state index in [2.05, 4.69) is 63.2 Å². The van der Waals surface area contributed by atoms with Crippen LogP contribution in [0.25, 0.3) is 21.8 Å². The molecule has 1 aromatic carbocycles. The molecule has 0 saturated heterocycles. The zero-order valence-corrected chi connectivity index (χ0v) is 20.7. The minimum Gasteiger partial charge on any atom is -0.663 e. The van der Waals surface area contributed by atoms with Crippen LogP contribution in [0.4, 0.5) is 0 Å². The van der Waals surface area contributed by atoms with E-state index in [0.29, 0.717) is 12.6 Å². The first-order chi connectivity index (χ1) is 13.7. The molecule has 3 heterocycles. The maximum absolute atomic E-state index is 10.4. The molecule has 29 heavy (non-hydrogen) atoms. The smallest absolute Gasteiger partial charge is 0.0854 e. The second kappa shape index (κ2) is 10.2. The summed E-state index contributed by atoms with van der Waals surface area (Å²) in [6.07, 6.45) is 4.84. The van der Waals surface area contributed by atoms with Gasteiger partial charge in [0.15, 0.2) is 0 Å². The van der Waals surface area contributed by atoms with E-state index in [1.165, 1.54) is 32.5 Å². The molecule has 2 aliphatic rings. The molecule has 2 atom stereocenters. The molecule has 5 rings (SSSR count). The number of aliphatic hydroxyl groups excluding tert-OH is 1. The van der Waals surface area contributed by atoms with Gasteiger partial charge < -0.3 is 15.4 Å². The number of H-pyrrole nitrogens is 1. The maximum Gasteiger partial charge on any atom is 0.0854 e. The van der Waals surface area contributed by atoms with Gasteiger partial charge in [-0.3, -0.25) is 4.90 Å². The third-order valence-corrected chi connectivity index (χ3v) is 6.35. The molecule has 0 fully saturated rings. The Morgan fingerprint density at radius 1 is 1.21 bits per heavy atom. The number of nitrogens with one attached hydrogen (secondary N) is 1. The first kappa shape index (κ1) is 22.5. The van der Waals surface area contributed by atoms with Crippen LogP contribution in [0.1, 0.15) is 29.9 Å². The zero-order valence-electron chi connectivity index (χ0n) is 17.0. The Morgan fingerprint density at radius 2 is 2.03 bits per heavy atom. The summed E-state index contributed by atoms with van der Waals surface area (Å²) in [7, 11) is 0. The molecule has 2 unspecified atom stereocenters. The Bertz CT molecular complexity index is 948. The fourth-order valence-corrected chi connectivity index (χ4v) is 5.04. The standard InChI is InChI=1S/C19H18N2OS.C4H10N.W/c22-13-8-16-15-4-1-5-17-19(15)12(9-20-17)7-18(16)21(10-13)11-14-3-2-6-23-14;1-3-5-4-2;/h1-6,8-9,13,18,20,22H,7,10-11H2;3-4H2,1-2H3;/q;-1;. The Kier molecular flexibility index (Phi) is 7.89. The van der Waals surface area contributed by atoms with Gasteiger partial charge in [-0.1, -0.05) is 32.0 Å². The van der Waals surface area contributed by atoms with Gasteiger partial charge in [-0.25, -0.2) is 0 Å². The number of thiophene rings is 1. The molecular weight excluding hydrogens is 550 g/mol. The number of aromatic nitrogens is 1. The molecule has 0 amide bonds. The summed E-state index contributed by atoms with van der Waals surface area (Å²) in [5.74, 6) is 0. The Balaban J connectivity index is 0.000000362. The predicted molar refractivity (Wildman–Crippen MR) is 119 cm³/mol. The van der Waals surface area contributed by atoms with Crippen LogP contribution >= 0.6 is 11.3 Å². The van der Waals surface area contributed by atoms with E-state index in [9.17, 15) is 5.11 Å². The molecule has 0 bridgehead atoms. The van der Waals surface area contributed by atoms with Crippen molar-refractivity contribution in [3.63, 3.8) is 0 Å². The number of benzene rings is 1. The van der Waals surface area contributed by atoms with Crippen molar-refractivity contribution in [2.75, 3.05) is 19.6 Å². The molecule has 1 aliphatic carbocycles. The van der Waals surface area contributed by atoms with Crippen molar-refractivity contribution in [2.24, 2.45) is 0 Å². The third-order valence-electron chi connectivity index (χ3n) is 5.49. The van der Waals surface area contributed by atoms with Crippen molar-refractivity contribution in [1.29, 1.82) is 0 Å². The summed E-state index contributed by atoms with van der Waals surface area (Å²) in [6, 6.07) is 11.1. The molecule has 3 aromatic rings. The number of hydrogen-bond acceptors (Lipinski definition) is 3. The van der Waals surface area contributed by atoms with E-state index in [1.807, 2.05) is 13.8 Å². The average Bonchev–Trinajstić information content (AvgIpc) is 3.35. The van der Waals surface area contributed by atoms with Crippen molar-refractivity contribution < 1.29 is 26.2 Å². The molecule has 1 aliphatic heterocycles. The topological polar surface area (TPSA) is 53.4 Å². The van der Waals surface area contributed by atoms with E-state index in [1.54, 1.807) is 11.3 Å². The van der Waals surface area contributed by atoms with E-state index in [-0.39, 0.29) is 21.1 Å². The van der Waals surface area contributed by atoms with Crippen LogP contribution < -0.4 is 0 Å². The Labute approximate surface area is 191 Å². The number of hydrogen-bond donors (Lipinski definition) is 2. The van der Waals surface area contributed by atoms with Crippen molar-refractivity contribution >= 4 is 27.8 Å². The van der Waals surface area contributed by atoms with E-state index < -0.39 is 6.10 Å². The van der Waals surface area contributed by atoms with Crippen LogP contribution in [0.5, 0.6) is 0 Å². The average molecular weight is 578 g/mol. The summed E-state index contributed by atoms with van der Waals surface area (Å²) in [6.45, 7) is 7.65. The summed E-state index contributed by atoms with van der Waals surface area (Å²) in [5.41, 5.74) is 5.16. The van der Waals surface area contributed by atoms with Gasteiger partial charge >= 0.3 is 0 Å². The van der Waals surface area contributed by atoms with Crippen LogP contribution in [0, 0.1) is 0 Å². The summed E-state index contributed by atoms with van der Waals surface area (Å²) >= 11 is 1.79. The number of nitrogens with zero attached hydrogens (tertiary/aromatic N) is 2. The van der Waals surface area contributed by atoms with Crippen molar-refractivity contribution in [3.05, 3.63) is 69.3 Å². The summed E-state index contributed by atoms with van der Waals surface area (Å²) in [4.78, 5) is 7.18. The molecule has 0 spiro atoms. The quantitative estimate of drug-likeness (QED) is 0.467. The van der Waals surface area contributed by atoms with Crippen molar-refractivity contribution in [3.8, 4) is 0 Å². The fraction of sp³-hybridized carbons (Fsp3) is 0.391. The normalized spacial score (nSPS) is 20.3. The van der Waals surface area contributed by atoms with Gasteiger partial charge in [0.05, 0.1) is 6.10 Å². The first-order valence-corrected chi connectivity index (χ1v) is 11.0. The first-order valence-electron chi connectivity index (χ1n) is 10.1. The number of aromatic amines is 1. The van der Waals surface area contributed by atoms with Gasteiger partial charge in [0, 0.05) is 62.2 Å². The largest absolute Gasteiger partial charge is 0.663 e. The predicted octanol–water partition coefficient (Wildman–Crippen LogP) is 4.81. The number of rotatable bonds is 4. The molecule has 2 aromatic heterocycles. The SMILES string of the molecule is CC[N-]CC.OC1C=C2c3cccc4[nH]cc(c34)CC2N(Cc2cccs2)C1.[W]. The molecule has 0 radical (unpaired) electrons. The number of aliphatic hydroxyl groups is 1. The number of β-amino-alcohol motifs (C(OH)–C–C–N with tert-alkyl or cyclic N) is 1. The van der Waals surface area contributed by atoms with E-state index in [4.69, 9.17) is 0 Å². The molecule has 2 N–H and O–H groups in total. The monoisotopic (exact) mass is 578 g/mol. The van der Waals surface area contributed by atoms with E-state index >= 15 is 0 Å². The summed E-state index contributed by atoms with van der Waals surface area (Å²) < 4.78 is 0. The Hall–Kier alpha value is -1.23. The van der Waals surface area contributed by atoms with Gasteiger partial charge in [0.25, 0.3) is 0 Å². The molecular formula is C23H28N3OSW-. The van der Waals surface area contributed by atoms with Gasteiger partial charge in [0.2, 0.25) is 0 Å². The third kappa shape index (κ3) is 4.75. The molecule has 4 nitrogen and oxygen atoms in total. The van der Waals surface area contributed by atoms with Gasteiger partial charge in [-0.05, 0) is 46.7 Å². The van der Waals surface area contributed by atoms with Crippen LogP contribution in [0.2, 0.25) is 0 Å². The second-order valence-electron chi connectivity index (χ2n) is 7.32. The zero-order chi connectivity index (χ0) is 19.5. The van der Waals surface area contributed by atoms with Crippen LogP contribution in [0.15, 0.2) is 48.0 Å². The van der Waals surface area contributed by atoms with Crippen LogP contribution in [0.3, 0.4) is 0 Å². The number of fused-ring (bicyclic) bond motifs is 2. The molecule has 0 saturated carbocycles. The van der Waals surface area contributed by atoms with Crippen LogP contribution in [-0.2, 0) is 34.0 Å². The van der Waals surface area contributed by atoms with Crippen molar-refractivity contribution in [1.82, 2.24) is 9.88 Å². The van der Waals surface area contributed by atoms with Crippen molar-refractivity contribution in [2.45, 2.75) is 39.0 Å². The molecule has 154 valence electrons. The second-order valence-corrected chi connectivity index (χ2v) is 8.35. The van der Waals surface area contributed by atoms with E-state index in [0.717, 1.165) is 26.1 Å². The van der Waals surface area contributed by atoms with Gasteiger partial charge in [0.1, 0.15) is 0 Å². The fourth-order valence-electron chi connectivity index (χ4n) is 4.31. The van der Waals surface area contributed by atoms with Gasteiger partial charge in [-0.2, -0.15) is 13.1 Å². The summed E-state index contributed by atoms with van der Waals surface area (Å²) in [5, 5.41) is 17.8.